The van der Waals surface area contributed by atoms with Crippen molar-refractivity contribution in [3.63, 3.8) is 0 Å². The van der Waals surface area contributed by atoms with Crippen LogP contribution in [0.2, 0.25) is 0 Å². The maximum absolute atomic E-state index is 10.9. The molecule has 1 saturated carbocycles. The standard InChI is InChI=1S/C11H14N2O3S/c14-10(15)9-6-12-11(17-9)13-4-5-16-8-3-1-2-7(8)13/h6-8H,1-5H2,(H,14,15). The minimum absolute atomic E-state index is 0.306. The summed E-state index contributed by atoms with van der Waals surface area (Å²) in [6, 6.07) is 0.386. The van der Waals surface area contributed by atoms with E-state index in [1.54, 1.807) is 0 Å². The topological polar surface area (TPSA) is 62.7 Å². The fourth-order valence-electron chi connectivity index (χ4n) is 2.66. The number of anilines is 1. The van der Waals surface area contributed by atoms with Gasteiger partial charge in [0, 0.05) is 6.54 Å². The van der Waals surface area contributed by atoms with Crippen LogP contribution in [0.25, 0.3) is 0 Å². The highest BCUT2D eigenvalue weighted by molar-refractivity contribution is 7.17. The molecule has 1 N–H and O–H groups in total. The first-order valence-corrected chi connectivity index (χ1v) is 6.65. The van der Waals surface area contributed by atoms with Crippen molar-refractivity contribution in [1.29, 1.82) is 0 Å². The molecule has 0 bridgehead atoms. The maximum atomic E-state index is 10.9. The highest BCUT2D eigenvalue weighted by Crippen LogP contribution is 2.34. The molecule has 6 heteroatoms. The summed E-state index contributed by atoms with van der Waals surface area (Å²) in [5.41, 5.74) is 0. The first-order chi connectivity index (χ1) is 8.25. The molecule has 2 unspecified atom stereocenters. The lowest BCUT2D eigenvalue weighted by Gasteiger charge is -2.37. The van der Waals surface area contributed by atoms with Crippen molar-refractivity contribution in [2.24, 2.45) is 0 Å². The van der Waals surface area contributed by atoms with Crippen LogP contribution in [0, 0.1) is 0 Å². The van der Waals surface area contributed by atoms with E-state index in [9.17, 15) is 4.79 Å². The number of nitrogens with zero attached hydrogens (tertiary/aromatic N) is 2. The summed E-state index contributed by atoms with van der Waals surface area (Å²) >= 11 is 1.26. The Balaban J connectivity index is 1.84. The first kappa shape index (κ1) is 11.0. The van der Waals surface area contributed by atoms with Crippen LogP contribution in [0.5, 0.6) is 0 Å². The number of fused-ring (bicyclic) bond motifs is 1. The van der Waals surface area contributed by atoms with Crippen LogP contribution in [-0.2, 0) is 4.74 Å². The van der Waals surface area contributed by atoms with Crippen LogP contribution in [0.4, 0.5) is 5.13 Å². The smallest absolute Gasteiger partial charge is 0.347 e. The molecule has 2 fully saturated rings. The van der Waals surface area contributed by atoms with E-state index in [0.717, 1.165) is 24.5 Å². The highest BCUT2D eigenvalue weighted by atomic mass is 32.1. The first-order valence-electron chi connectivity index (χ1n) is 5.83. The van der Waals surface area contributed by atoms with Gasteiger partial charge < -0.3 is 14.7 Å². The van der Waals surface area contributed by atoms with Crippen molar-refractivity contribution in [3.05, 3.63) is 11.1 Å². The number of ether oxygens (including phenoxy) is 1. The Morgan fingerprint density at radius 1 is 1.59 bits per heavy atom. The fourth-order valence-corrected chi connectivity index (χ4v) is 3.50. The molecule has 1 aliphatic carbocycles. The Hall–Kier alpha value is -1.14. The lowest BCUT2D eigenvalue weighted by molar-refractivity contribution is 0.0256. The van der Waals surface area contributed by atoms with E-state index >= 15 is 0 Å². The van der Waals surface area contributed by atoms with Crippen molar-refractivity contribution >= 4 is 22.4 Å². The van der Waals surface area contributed by atoms with Gasteiger partial charge in [0.05, 0.1) is 24.9 Å². The third-order valence-electron chi connectivity index (χ3n) is 3.43. The number of thiazole rings is 1. The SMILES string of the molecule is O=C(O)c1cnc(N2CCOC3CCCC32)s1. The van der Waals surface area contributed by atoms with E-state index in [0.29, 0.717) is 23.6 Å². The molecule has 1 aromatic rings. The van der Waals surface area contributed by atoms with Gasteiger partial charge in [-0.15, -0.1) is 0 Å². The van der Waals surface area contributed by atoms with Crippen molar-refractivity contribution in [3.8, 4) is 0 Å². The molecule has 5 nitrogen and oxygen atoms in total. The number of carboxylic acid groups (broad SMARTS) is 1. The number of hydrogen-bond donors (Lipinski definition) is 1. The number of morpholine rings is 1. The molecule has 2 aliphatic rings. The van der Waals surface area contributed by atoms with Crippen LogP contribution in [0.15, 0.2) is 6.20 Å². The molecule has 1 aromatic heterocycles. The molecule has 2 atom stereocenters. The van der Waals surface area contributed by atoms with Crippen LogP contribution in [0.1, 0.15) is 28.9 Å². The van der Waals surface area contributed by atoms with E-state index in [-0.39, 0.29) is 0 Å². The highest BCUT2D eigenvalue weighted by Gasteiger charge is 2.37. The minimum atomic E-state index is -0.898. The lowest BCUT2D eigenvalue weighted by atomic mass is 10.1. The molecular formula is C11H14N2O3S. The van der Waals surface area contributed by atoms with Crippen LogP contribution in [0.3, 0.4) is 0 Å². The summed E-state index contributed by atoms with van der Waals surface area (Å²) in [4.78, 5) is 17.6. The number of aromatic nitrogens is 1. The molecule has 1 aliphatic heterocycles. The van der Waals surface area contributed by atoms with Gasteiger partial charge in [0.25, 0.3) is 0 Å². The number of carbonyl (C=O) groups is 1. The van der Waals surface area contributed by atoms with Gasteiger partial charge in [-0.25, -0.2) is 9.78 Å². The van der Waals surface area contributed by atoms with Gasteiger partial charge in [-0.05, 0) is 19.3 Å². The summed E-state index contributed by atoms with van der Waals surface area (Å²) < 4.78 is 5.73. The zero-order valence-electron chi connectivity index (χ0n) is 9.33. The second kappa shape index (κ2) is 4.27. The average Bonchev–Trinajstić information content (AvgIpc) is 2.97. The van der Waals surface area contributed by atoms with Gasteiger partial charge in [0.15, 0.2) is 5.13 Å². The molecule has 17 heavy (non-hydrogen) atoms. The number of carboxylic acids is 1. The summed E-state index contributed by atoms with van der Waals surface area (Å²) in [5.74, 6) is -0.898. The second-order valence-corrected chi connectivity index (χ2v) is 5.42. The Morgan fingerprint density at radius 3 is 3.24 bits per heavy atom. The maximum Gasteiger partial charge on any atom is 0.347 e. The zero-order chi connectivity index (χ0) is 11.8. The van der Waals surface area contributed by atoms with Crippen molar-refractivity contribution < 1.29 is 14.6 Å². The van der Waals surface area contributed by atoms with Gasteiger partial charge >= 0.3 is 5.97 Å². The summed E-state index contributed by atoms with van der Waals surface area (Å²) in [6.07, 6.45) is 5.16. The lowest BCUT2D eigenvalue weighted by Crippen LogP contribution is -2.48. The Morgan fingerprint density at radius 2 is 2.47 bits per heavy atom. The monoisotopic (exact) mass is 254 g/mol. The number of rotatable bonds is 2. The zero-order valence-corrected chi connectivity index (χ0v) is 10.2. The second-order valence-electron chi connectivity index (χ2n) is 4.41. The van der Waals surface area contributed by atoms with Gasteiger partial charge in [0.2, 0.25) is 0 Å². The molecular weight excluding hydrogens is 240 g/mol. The van der Waals surface area contributed by atoms with E-state index in [1.165, 1.54) is 24.0 Å². The van der Waals surface area contributed by atoms with E-state index < -0.39 is 5.97 Å². The third-order valence-corrected chi connectivity index (χ3v) is 4.45. The largest absolute Gasteiger partial charge is 0.477 e. The van der Waals surface area contributed by atoms with E-state index in [2.05, 4.69) is 9.88 Å². The molecule has 2 heterocycles. The van der Waals surface area contributed by atoms with Crippen LogP contribution in [-0.4, -0.2) is 41.4 Å². The van der Waals surface area contributed by atoms with Gasteiger partial charge in [-0.3, -0.25) is 0 Å². The molecule has 92 valence electrons. The van der Waals surface area contributed by atoms with Crippen LogP contribution < -0.4 is 4.90 Å². The fraction of sp³-hybridized carbons (Fsp3) is 0.636. The third kappa shape index (κ3) is 1.91. The van der Waals surface area contributed by atoms with Gasteiger partial charge in [-0.1, -0.05) is 11.3 Å². The number of hydrogen-bond acceptors (Lipinski definition) is 5. The van der Waals surface area contributed by atoms with Crippen LogP contribution >= 0.6 is 11.3 Å². The molecule has 0 amide bonds. The van der Waals surface area contributed by atoms with Crippen molar-refractivity contribution in [2.45, 2.75) is 31.4 Å². The average molecular weight is 254 g/mol. The van der Waals surface area contributed by atoms with Crippen molar-refractivity contribution in [1.82, 2.24) is 4.98 Å². The predicted molar refractivity (Wildman–Crippen MR) is 63.8 cm³/mol. The van der Waals surface area contributed by atoms with E-state index in [4.69, 9.17) is 9.84 Å². The number of aromatic carboxylic acids is 1. The van der Waals surface area contributed by atoms with E-state index in [1.807, 2.05) is 0 Å². The Bertz CT molecular complexity index is 434. The molecule has 0 radical (unpaired) electrons. The summed E-state index contributed by atoms with van der Waals surface area (Å²) in [5, 5.41) is 9.73. The molecule has 1 saturated heterocycles. The molecule has 0 spiro atoms. The van der Waals surface area contributed by atoms with Gasteiger partial charge in [0.1, 0.15) is 4.88 Å². The molecule has 0 aromatic carbocycles. The quantitative estimate of drug-likeness (QED) is 0.868. The predicted octanol–water partition coefficient (Wildman–Crippen LogP) is 1.60. The summed E-state index contributed by atoms with van der Waals surface area (Å²) in [6.45, 7) is 1.52. The van der Waals surface area contributed by atoms with Crippen molar-refractivity contribution in [2.75, 3.05) is 18.1 Å². The van der Waals surface area contributed by atoms with Gasteiger partial charge in [-0.2, -0.15) is 0 Å². The Kier molecular flexibility index (Phi) is 2.76. The normalized spacial score (nSPS) is 28.1. The summed E-state index contributed by atoms with van der Waals surface area (Å²) in [7, 11) is 0. The minimum Gasteiger partial charge on any atom is -0.477 e. The Labute approximate surface area is 103 Å². The molecule has 3 rings (SSSR count).